The molecule has 4 rings (SSSR count). The molecule has 5 heteroatoms. The summed E-state index contributed by atoms with van der Waals surface area (Å²) in [5.41, 5.74) is 1.85. The Balaban J connectivity index is 1.89. The van der Waals surface area contributed by atoms with E-state index < -0.39 is 5.97 Å². The fraction of sp³-hybridized carbons (Fsp3) is 0.429. The molecule has 0 bridgehead atoms. The van der Waals surface area contributed by atoms with Crippen LogP contribution < -0.4 is 0 Å². The van der Waals surface area contributed by atoms with Crippen LogP contribution in [0.5, 0.6) is 0 Å². The summed E-state index contributed by atoms with van der Waals surface area (Å²) in [6.07, 6.45) is 2.96. The quantitative estimate of drug-likeness (QED) is 0.936. The Labute approximate surface area is 115 Å². The molecule has 0 amide bonds. The van der Waals surface area contributed by atoms with Crippen LogP contribution in [0.3, 0.4) is 0 Å². The zero-order valence-electron chi connectivity index (χ0n) is 10.2. The molecular weight excluding hydrogens is 264 g/mol. The van der Waals surface area contributed by atoms with E-state index in [1.807, 2.05) is 18.2 Å². The van der Waals surface area contributed by atoms with Crippen LogP contribution in [-0.4, -0.2) is 20.6 Å². The first kappa shape index (κ1) is 11.3. The minimum atomic E-state index is -0.717. The van der Waals surface area contributed by atoms with Gasteiger partial charge in [0.05, 0.1) is 22.0 Å². The monoisotopic (exact) mass is 276 g/mol. The van der Waals surface area contributed by atoms with E-state index in [1.54, 1.807) is 0 Å². The number of para-hydroxylation sites is 1. The summed E-state index contributed by atoms with van der Waals surface area (Å²) >= 11 is 6.29. The molecule has 1 aromatic heterocycles. The summed E-state index contributed by atoms with van der Waals surface area (Å²) in [6.45, 7) is 0. The third-order valence-corrected chi connectivity index (χ3v) is 4.34. The molecule has 2 fully saturated rings. The molecule has 2 aliphatic carbocycles. The van der Waals surface area contributed by atoms with E-state index in [1.165, 1.54) is 0 Å². The lowest BCUT2D eigenvalue weighted by atomic mass is 10.3. The van der Waals surface area contributed by atoms with E-state index >= 15 is 0 Å². The Morgan fingerprint density at radius 3 is 2.84 bits per heavy atom. The topological polar surface area (TPSA) is 55.1 Å². The van der Waals surface area contributed by atoms with Crippen LogP contribution in [0.15, 0.2) is 18.2 Å². The second-order valence-corrected chi connectivity index (χ2v) is 5.87. The molecule has 1 heterocycles. The highest BCUT2D eigenvalue weighted by molar-refractivity contribution is 6.35. The summed E-state index contributed by atoms with van der Waals surface area (Å²) < 4.78 is 2.19. The predicted octanol–water partition coefficient (Wildman–Crippen LogP) is 3.21. The number of aromatic nitrogens is 2. The summed E-state index contributed by atoms with van der Waals surface area (Å²) in [5.74, 6) is -0.0156. The molecule has 2 atom stereocenters. The van der Waals surface area contributed by atoms with Crippen molar-refractivity contribution >= 4 is 28.6 Å². The highest BCUT2D eigenvalue weighted by atomic mass is 35.5. The van der Waals surface area contributed by atoms with Crippen LogP contribution in [0, 0.1) is 5.92 Å². The van der Waals surface area contributed by atoms with Crippen molar-refractivity contribution in [3.63, 3.8) is 0 Å². The lowest BCUT2D eigenvalue weighted by Crippen LogP contribution is -2.05. The van der Waals surface area contributed by atoms with Gasteiger partial charge in [0.15, 0.2) is 0 Å². The van der Waals surface area contributed by atoms with Gasteiger partial charge in [-0.1, -0.05) is 17.7 Å². The van der Waals surface area contributed by atoms with Gasteiger partial charge in [0.25, 0.3) is 0 Å². The van der Waals surface area contributed by atoms with Crippen molar-refractivity contribution in [1.29, 1.82) is 0 Å². The average Bonchev–Trinajstić information content (AvgIpc) is 3.26. The Morgan fingerprint density at radius 2 is 2.21 bits per heavy atom. The normalized spacial score (nSPS) is 25.7. The summed E-state index contributed by atoms with van der Waals surface area (Å²) in [7, 11) is 0. The van der Waals surface area contributed by atoms with Crippen LogP contribution in [-0.2, 0) is 4.79 Å². The first-order chi connectivity index (χ1) is 9.16. The third-order valence-electron chi connectivity index (χ3n) is 4.04. The number of nitrogens with zero attached hydrogens (tertiary/aromatic N) is 2. The van der Waals surface area contributed by atoms with E-state index in [-0.39, 0.29) is 11.8 Å². The molecular formula is C14H13ClN2O2. The molecule has 4 nitrogen and oxygen atoms in total. The molecule has 0 spiro atoms. The van der Waals surface area contributed by atoms with Crippen molar-refractivity contribution < 1.29 is 9.90 Å². The Hall–Kier alpha value is -1.55. The first-order valence-corrected chi connectivity index (χ1v) is 6.93. The van der Waals surface area contributed by atoms with Gasteiger partial charge in [0, 0.05) is 12.0 Å². The fourth-order valence-corrected chi connectivity index (χ4v) is 3.10. The molecule has 1 N–H and O–H groups in total. The number of benzene rings is 1. The van der Waals surface area contributed by atoms with Gasteiger partial charge in [-0.05, 0) is 31.4 Å². The molecule has 0 saturated heterocycles. The van der Waals surface area contributed by atoms with Crippen molar-refractivity contribution in [1.82, 2.24) is 9.55 Å². The van der Waals surface area contributed by atoms with Gasteiger partial charge in [-0.3, -0.25) is 4.79 Å². The Kier molecular flexibility index (Phi) is 2.22. The highest BCUT2D eigenvalue weighted by Crippen LogP contribution is 2.51. The standard InChI is InChI=1S/C14H13ClN2O2/c15-10-2-1-3-11-12(10)17(7-4-5-7)13(16-11)8-6-9(8)14(18)19/h1-3,7-9H,4-6H2,(H,18,19). The maximum Gasteiger partial charge on any atom is 0.307 e. The molecule has 2 aromatic rings. The van der Waals surface area contributed by atoms with Gasteiger partial charge in [0.2, 0.25) is 0 Å². The van der Waals surface area contributed by atoms with E-state index in [0.717, 1.165) is 29.7 Å². The zero-order chi connectivity index (χ0) is 13.1. The average molecular weight is 277 g/mol. The SMILES string of the molecule is O=C(O)C1CC1c1nc2cccc(Cl)c2n1C1CC1. The Bertz CT molecular complexity index is 690. The van der Waals surface area contributed by atoms with Crippen molar-refractivity contribution in [3.05, 3.63) is 29.0 Å². The van der Waals surface area contributed by atoms with Gasteiger partial charge >= 0.3 is 5.97 Å². The molecule has 2 aliphatic rings. The largest absolute Gasteiger partial charge is 0.481 e. The number of hydrogen-bond acceptors (Lipinski definition) is 2. The van der Waals surface area contributed by atoms with Crippen molar-refractivity contribution in [2.45, 2.75) is 31.2 Å². The molecule has 2 unspecified atom stereocenters. The molecule has 0 aliphatic heterocycles. The number of carboxylic acids is 1. The van der Waals surface area contributed by atoms with Crippen molar-refractivity contribution in [2.24, 2.45) is 5.92 Å². The molecule has 2 saturated carbocycles. The van der Waals surface area contributed by atoms with Crippen molar-refractivity contribution in [2.75, 3.05) is 0 Å². The van der Waals surface area contributed by atoms with Gasteiger partial charge in [0.1, 0.15) is 5.82 Å². The second kappa shape index (κ2) is 3.73. The summed E-state index contributed by atoms with van der Waals surface area (Å²) in [6, 6.07) is 6.16. The molecule has 0 radical (unpaired) electrons. The van der Waals surface area contributed by atoms with E-state index in [2.05, 4.69) is 9.55 Å². The number of fused-ring (bicyclic) bond motifs is 1. The number of aliphatic carboxylic acids is 1. The van der Waals surface area contributed by atoms with Gasteiger partial charge in [-0.25, -0.2) is 4.98 Å². The second-order valence-electron chi connectivity index (χ2n) is 5.47. The molecule has 19 heavy (non-hydrogen) atoms. The molecule has 1 aromatic carbocycles. The number of rotatable bonds is 3. The van der Waals surface area contributed by atoms with Crippen molar-refractivity contribution in [3.8, 4) is 0 Å². The number of hydrogen-bond donors (Lipinski definition) is 1. The lowest BCUT2D eigenvalue weighted by molar-refractivity contribution is -0.138. The number of carbonyl (C=O) groups is 1. The van der Waals surface area contributed by atoms with E-state index in [9.17, 15) is 4.79 Å². The van der Waals surface area contributed by atoms with Gasteiger partial charge < -0.3 is 9.67 Å². The van der Waals surface area contributed by atoms with Crippen LogP contribution in [0.25, 0.3) is 11.0 Å². The lowest BCUT2D eigenvalue weighted by Gasteiger charge is -2.07. The maximum absolute atomic E-state index is 11.1. The Morgan fingerprint density at radius 1 is 1.42 bits per heavy atom. The fourth-order valence-electron chi connectivity index (χ4n) is 2.84. The third kappa shape index (κ3) is 1.66. The van der Waals surface area contributed by atoms with Crippen LogP contribution >= 0.6 is 11.6 Å². The van der Waals surface area contributed by atoms with Gasteiger partial charge in [-0.15, -0.1) is 0 Å². The summed E-state index contributed by atoms with van der Waals surface area (Å²) in [5, 5.41) is 9.80. The first-order valence-electron chi connectivity index (χ1n) is 6.56. The minimum absolute atomic E-state index is 0.0570. The highest BCUT2D eigenvalue weighted by Gasteiger charge is 2.48. The smallest absolute Gasteiger partial charge is 0.307 e. The van der Waals surface area contributed by atoms with Crippen LogP contribution in [0.2, 0.25) is 5.02 Å². The number of carboxylic acid groups (broad SMARTS) is 1. The predicted molar refractivity (Wildman–Crippen MR) is 71.5 cm³/mol. The number of halogens is 1. The van der Waals surface area contributed by atoms with Gasteiger partial charge in [-0.2, -0.15) is 0 Å². The summed E-state index contributed by atoms with van der Waals surface area (Å²) in [4.78, 5) is 15.7. The van der Waals surface area contributed by atoms with Crippen LogP contribution in [0.1, 0.15) is 37.0 Å². The minimum Gasteiger partial charge on any atom is -0.481 e. The molecule has 98 valence electrons. The maximum atomic E-state index is 11.1. The number of imidazole rings is 1. The van der Waals surface area contributed by atoms with Crippen LogP contribution in [0.4, 0.5) is 0 Å². The van der Waals surface area contributed by atoms with E-state index in [0.29, 0.717) is 17.5 Å². The zero-order valence-corrected chi connectivity index (χ0v) is 11.0. The van der Waals surface area contributed by atoms with E-state index in [4.69, 9.17) is 16.7 Å².